The Morgan fingerprint density at radius 3 is 1.30 bits per heavy atom. The number of fused-ring (bicyclic) bond motifs is 4. The van der Waals surface area contributed by atoms with Crippen molar-refractivity contribution in [3.8, 4) is 69.0 Å². The molecule has 0 radical (unpaired) electrons. The van der Waals surface area contributed by atoms with Gasteiger partial charge in [-0.2, -0.15) is 0 Å². The van der Waals surface area contributed by atoms with Gasteiger partial charge in [0.1, 0.15) is 11.0 Å². The number of aliphatic carboxylic acids is 1. The van der Waals surface area contributed by atoms with Gasteiger partial charge >= 0.3 is 11.7 Å². The summed E-state index contributed by atoms with van der Waals surface area (Å²) in [6.07, 6.45) is 1.65. The number of methoxy groups -OCH3 is 12. The number of hydrogen-bond donors (Lipinski definition) is 9. The van der Waals surface area contributed by atoms with Gasteiger partial charge in [-0.3, -0.25) is 24.2 Å². The lowest BCUT2D eigenvalue weighted by molar-refractivity contribution is -0.134. The van der Waals surface area contributed by atoms with Gasteiger partial charge in [0.15, 0.2) is 69.0 Å². The van der Waals surface area contributed by atoms with Crippen molar-refractivity contribution in [3.05, 3.63) is 162 Å². The average Bonchev–Trinajstić information content (AvgIpc) is 0.786. The van der Waals surface area contributed by atoms with Crippen LogP contribution in [0.1, 0.15) is 27.6 Å². The van der Waals surface area contributed by atoms with Crippen molar-refractivity contribution in [2.45, 2.75) is 6.92 Å². The monoisotopic (exact) mass is 1560 g/mol. The molecule has 14 N–H and O–H groups in total. The van der Waals surface area contributed by atoms with E-state index in [1.54, 1.807) is 85.3 Å². The van der Waals surface area contributed by atoms with Crippen LogP contribution in [0.3, 0.4) is 0 Å². The number of amides is 4. The molecule has 0 fully saturated rings. The topological polar surface area (TPSA) is 488 Å². The first-order valence-corrected chi connectivity index (χ1v) is 31.7. The van der Waals surface area contributed by atoms with Crippen LogP contribution in [-0.2, 0) is 4.79 Å². The van der Waals surface area contributed by atoms with Gasteiger partial charge in [0.25, 0.3) is 23.3 Å². The first-order valence-electron chi connectivity index (χ1n) is 30.2. The molecule has 0 aliphatic rings. The third-order valence-electron chi connectivity index (χ3n) is 13.8. The van der Waals surface area contributed by atoms with E-state index in [-0.39, 0.29) is 43.5 Å². The molecule has 38 heteroatoms. The van der Waals surface area contributed by atoms with Gasteiger partial charge < -0.3 is 106 Å². The molecule has 34 nitrogen and oxygen atoms in total. The SMILES string of the molecule is CC(=O)O.CN(C)c1ccccc1.COc1cc(N)c(C(N)=O)cc1OC.COc1cc(NC(N)=O)c(C(N)=O)cc1OC.COc1cc2[nH]c(=O)[nH]c(=O)c2cc1OC.COc1cc2cnc(Cl)nc2cc1OC.COc1cc2nc(Cl)nc(Cl)c2cc1OC.COc1cc2nc(Cl)nc(N)c2cc1OC. The van der Waals surface area contributed by atoms with E-state index in [4.69, 9.17) is 142 Å². The zero-order chi connectivity index (χ0) is 79.9. The van der Waals surface area contributed by atoms with Crippen molar-refractivity contribution >= 4 is 137 Å². The largest absolute Gasteiger partial charge is 0.493 e. The van der Waals surface area contributed by atoms with Crippen molar-refractivity contribution in [2.75, 3.05) is 121 Å². The van der Waals surface area contributed by atoms with Crippen molar-refractivity contribution < 1.29 is 81.1 Å². The molecule has 570 valence electrons. The molecule has 0 unspecified atom stereocenters. The molecule has 0 spiro atoms. The van der Waals surface area contributed by atoms with E-state index in [0.29, 0.717) is 108 Å². The number of hydrogen-bond acceptors (Lipinski definition) is 27. The fourth-order valence-electron chi connectivity index (χ4n) is 8.82. The summed E-state index contributed by atoms with van der Waals surface area (Å²) in [6.45, 7) is 1.08. The number of primary amides is 3. The van der Waals surface area contributed by atoms with Gasteiger partial charge in [-0.15, -0.1) is 0 Å². The zero-order valence-corrected chi connectivity index (χ0v) is 63.2. The Kier molecular flexibility index (Phi) is 34.2. The maximum Gasteiger partial charge on any atom is 0.326 e. The molecule has 0 saturated heterocycles. The maximum absolute atomic E-state index is 11.5. The smallest absolute Gasteiger partial charge is 0.326 e. The molecule has 4 heterocycles. The predicted octanol–water partition coefficient (Wildman–Crippen LogP) is 9.89. The van der Waals surface area contributed by atoms with Gasteiger partial charge in [-0.05, 0) is 83.3 Å². The van der Waals surface area contributed by atoms with Crippen LogP contribution < -0.4 is 107 Å². The zero-order valence-electron chi connectivity index (χ0n) is 60.2. The molecular weight excluding hydrogens is 1480 g/mol. The number of para-hydroxylation sites is 1. The number of halogens is 4. The van der Waals surface area contributed by atoms with E-state index in [9.17, 15) is 24.0 Å². The van der Waals surface area contributed by atoms with E-state index in [0.717, 1.165) is 17.8 Å². The number of nitrogens with two attached hydrogens (primary N) is 5. The van der Waals surface area contributed by atoms with Crippen molar-refractivity contribution in [1.29, 1.82) is 0 Å². The summed E-state index contributed by atoms with van der Waals surface area (Å²) in [5.74, 6) is 4.21. The standard InChI is InChI=1S/C10H8Cl2N2O2.C10H10ClN3O2.C10H9ClN2O2.C10H13N3O4.C10H10N2O4.C9H12N2O3.C8H11N.C2H4O2/c1-15-7-3-5-6(4-8(7)16-2)13-10(12)14-9(5)11;1-15-7-3-5-6(4-8(7)16-2)13-10(11)14-9(5)12;1-14-8-3-6-5-12-10(11)13-7(6)4-9(8)15-2;1-16-7-3-5(9(11)14)6(13-10(12)15)4-8(7)17-2;1-15-7-3-5-6(4-8(7)16-2)11-10(14)12-9(5)13;1-13-7-3-5(9(11)12)6(10)4-8(7)14-2;1-9(2)8-6-4-3-5-7-8;1-2(3)4/h3-4H,1-2H3;3-4H,1-2H3,(H2,12,13,14);3-5H,1-2H3;3-4H,1-2H3,(H2,11,14)(H3,12,13,15);3-4H,1-2H3,(H2,11,12,13,14);3-4H,10H2,1-2H3,(H2,11,12);3-7H,1-2H3;1H3,(H,3,4). The fraction of sp³-hybridized carbons (Fsp3) is 0.217. The normalized spacial score (nSPS) is 9.90. The first kappa shape index (κ1) is 86.7. The lowest BCUT2D eigenvalue weighted by atomic mass is 10.1. The van der Waals surface area contributed by atoms with Crippen LogP contribution in [0, 0.1) is 0 Å². The van der Waals surface area contributed by atoms with Crippen LogP contribution in [0.15, 0.2) is 119 Å². The first-order chi connectivity index (χ1) is 50.8. The summed E-state index contributed by atoms with van der Waals surface area (Å²) in [4.78, 5) is 95.0. The van der Waals surface area contributed by atoms with Gasteiger partial charge in [-0.1, -0.05) is 29.8 Å². The molecule has 0 saturated carbocycles. The summed E-state index contributed by atoms with van der Waals surface area (Å²) in [5.41, 5.74) is 30.0. The Balaban J connectivity index is 0.000000263. The Morgan fingerprint density at radius 1 is 0.458 bits per heavy atom. The minimum Gasteiger partial charge on any atom is -0.493 e. The molecule has 0 aliphatic carbocycles. The molecule has 11 aromatic rings. The number of aromatic nitrogens is 8. The minimum absolute atomic E-state index is 0.0847. The third-order valence-corrected chi connectivity index (χ3v) is 14.6. The molecule has 107 heavy (non-hydrogen) atoms. The number of aromatic amines is 2. The summed E-state index contributed by atoms with van der Waals surface area (Å²) in [5, 5.41) is 13.0. The number of nitrogens with zero attached hydrogens (tertiary/aromatic N) is 7. The third kappa shape index (κ3) is 25.0. The van der Waals surface area contributed by atoms with E-state index in [1.165, 1.54) is 78.7 Å². The van der Waals surface area contributed by atoms with Gasteiger partial charge in [0.05, 0.1) is 130 Å². The predicted molar refractivity (Wildman–Crippen MR) is 408 cm³/mol. The average molecular weight is 1560 g/mol. The van der Waals surface area contributed by atoms with Crippen LogP contribution in [0.2, 0.25) is 21.0 Å². The van der Waals surface area contributed by atoms with Crippen LogP contribution in [-0.4, -0.2) is 168 Å². The molecule has 4 aromatic heterocycles. The number of rotatable bonds is 16. The number of carbonyl (C=O) groups excluding carboxylic acids is 3. The lowest BCUT2D eigenvalue weighted by Crippen LogP contribution is -2.22. The molecule has 11 rings (SSSR count). The second-order valence-corrected chi connectivity index (χ2v) is 22.1. The molecule has 0 atom stereocenters. The van der Waals surface area contributed by atoms with Crippen molar-refractivity contribution in [1.82, 2.24) is 39.9 Å². The highest BCUT2D eigenvalue weighted by Gasteiger charge is 2.18. The number of nitrogens with one attached hydrogen (secondary N) is 3. The van der Waals surface area contributed by atoms with E-state index in [2.05, 4.69) is 62.2 Å². The number of urea groups is 1. The number of anilines is 4. The molecule has 0 aliphatic heterocycles. The van der Waals surface area contributed by atoms with Gasteiger partial charge in [0, 0.05) is 91.1 Å². The van der Waals surface area contributed by atoms with Crippen LogP contribution in [0.4, 0.5) is 27.7 Å². The number of nitrogen functional groups attached to an aromatic ring is 2. The molecule has 0 bridgehead atoms. The summed E-state index contributed by atoms with van der Waals surface area (Å²) < 4.78 is 61.1. The van der Waals surface area contributed by atoms with Crippen molar-refractivity contribution in [2.24, 2.45) is 17.2 Å². The number of ether oxygens (including phenoxy) is 12. The number of benzene rings is 7. The van der Waals surface area contributed by atoms with Crippen LogP contribution in [0.5, 0.6) is 69.0 Å². The Bertz CT molecular complexity index is 4920. The highest BCUT2D eigenvalue weighted by Crippen LogP contribution is 2.38. The maximum atomic E-state index is 11.5. The second-order valence-electron chi connectivity index (χ2n) is 20.7. The lowest BCUT2D eigenvalue weighted by Gasteiger charge is -2.13. The Labute approximate surface area is 631 Å². The van der Waals surface area contributed by atoms with Crippen LogP contribution >= 0.6 is 46.4 Å². The summed E-state index contributed by atoms with van der Waals surface area (Å²) >= 11 is 23.1. The number of carbonyl (C=O) groups is 4. The van der Waals surface area contributed by atoms with E-state index < -0.39 is 35.1 Å². The van der Waals surface area contributed by atoms with Crippen LogP contribution in [0.25, 0.3) is 43.6 Å². The Hall–Kier alpha value is -12.7. The quantitative estimate of drug-likeness (QED) is 0.0247. The molecular formula is C69H77Cl4N15O19. The fourth-order valence-corrected chi connectivity index (χ4v) is 9.60. The number of carboxylic acids is 1. The van der Waals surface area contributed by atoms with Gasteiger partial charge in [0.2, 0.25) is 15.9 Å². The second kappa shape index (κ2) is 42.2. The number of carboxylic acid groups (broad SMARTS) is 1. The Morgan fingerprint density at radius 2 is 0.841 bits per heavy atom. The highest BCUT2D eigenvalue weighted by atomic mass is 35.5. The summed E-state index contributed by atoms with van der Waals surface area (Å²) in [7, 11) is 22.2. The molecule has 4 amide bonds. The van der Waals surface area contributed by atoms with Gasteiger partial charge in [-0.25, -0.2) is 39.5 Å². The van der Waals surface area contributed by atoms with E-state index in [1.807, 2.05) is 38.4 Å². The molecule has 7 aromatic carbocycles. The van der Waals surface area contributed by atoms with Crippen molar-refractivity contribution in [3.63, 3.8) is 0 Å². The number of H-pyrrole nitrogens is 2. The highest BCUT2D eigenvalue weighted by molar-refractivity contribution is 6.35. The van der Waals surface area contributed by atoms with E-state index >= 15 is 0 Å². The summed E-state index contributed by atoms with van der Waals surface area (Å²) in [6, 6.07) is 28.7. The minimum atomic E-state index is -0.833.